The predicted molar refractivity (Wildman–Crippen MR) is 240 cm³/mol. The number of thiophene rings is 1. The first kappa shape index (κ1) is 51.3. The number of fused-ring (bicyclic) bond motifs is 5. The number of carboxylic acids is 4. The number of carbonyl (C=O) groups excluding carboxylic acids is 2. The number of carbonyl (C=O) groups is 6. The van der Waals surface area contributed by atoms with Crippen molar-refractivity contribution in [1.29, 1.82) is 5.26 Å². The monoisotopic (exact) mass is 1040 g/mol. The molecular formula is C44H36F3N4O17PS2. The van der Waals surface area contributed by atoms with E-state index in [0.717, 1.165) is 24.3 Å². The molecule has 0 fully saturated rings. The fraction of sp³-hybridized carbons (Fsp3) is 0.250. The van der Waals surface area contributed by atoms with Gasteiger partial charge in [0.15, 0.2) is 0 Å². The number of hydrogen-bond acceptors (Lipinski definition) is 14. The first-order valence-corrected chi connectivity index (χ1v) is 24.8. The topological polar surface area (TPSA) is 342 Å². The van der Waals surface area contributed by atoms with Crippen LogP contribution in [0.4, 0.5) is 13.2 Å². The number of amides is 2. The number of halogens is 3. The summed E-state index contributed by atoms with van der Waals surface area (Å²) in [6.07, 6.45) is -6.18. The third-order valence-electron chi connectivity index (χ3n) is 11.0. The number of carboxylic acid groups (broad SMARTS) is 4. The molecule has 1 aromatic heterocycles. The average Bonchev–Trinajstić information content (AvgIpc) is 3.69. The zero-order valence-electron chi connectivity index (χ0n) is 36.4. The number of aryl methyl sites for hydroxylation is 1. The third kappa shape index (κ3) is 10.2. The summed E-state index contributed by atoms with van der Waals surface area (Å²) in [6.45, 7) is 0.259. The molecule has 71 heavy (non-hydrogen) atoms. The third-order valence-corrected chi connectivity index (χ3v) is 15.5. The van der Waals surface area contributed by atoms with E-state index in [4.69, 9.17) is 19.3 Å². The summed E-state index contributed by atoms with van der Waals surface area (Å²) in [5, 5.41) is 53.5. The van der Waals surface area contributed by atoms with E-state index in [0.29, 0.717) is 6.07 Å². The highest BCUT2D eigenvalue weighted by Gasteiger charge is 2.38. The summed E-state index contributed by atoms with van der Waals surface area (Å²) in [5.41, 5.74) is -7.53. The molecule has 8 N–H and O–H groups in total. The lowest BCUT2D eigenvalue weighted by Gasteiger charge is -2.27. The van der Waals surface area contributed by atoms with Gasteiger partial charge in [0.05, 0.1) is 60.2 Å². The standard InChI is InChI=1S/C44H36F3N4O17PS2/c1-2-20-38-39(46)36(21-10-28-25(14-32(56)57)34(23(21)12-30(52)53)42(60)49-5-7-66-28)37(22-11-29-26(15-33(58)59)35(24(22)13-31(54)55)43(61)50-6-8-67-29)40(47)41(38)70-44(20)71(64,65)51-17-69(62,63)68-19-4-3-18(16-48)27(45)9-19/h3-4,9-11,51H,2,5-8,12-15,17H2,1H3,(H,49,60)(H,50,61)(H,52,53)(H,54,55)(H,56,57)(H,58,59)(H,62,63). The summed E-state index contributed by atoms with van der Waals surface area (Å²) < 4.78 is 109. The van der Waals surface area contributed by atoms with Crippen LogP contribution in [0.15, 0.2) is 34.5 Å². The smallest absolute Gasteiger partial charge is 0.391 e. The summed E-state index contributed by atoms with van der Waals surface area (Å²) >= 11 is 0.0790. The summed E-state index contributed by atoms with van der Waals surface area (Å²) in [5.74, 6) is -14.2. The number of ether oxygens (including phenoxy) is 2. The molecule has 21 nitrogen and oxygen atoms in total. The Kier molecular flexibility index (Phi) is 14.5. The SMILES string of the molecule is CCc1c(S(=O)(=O)NCP(=O)(O)Oc2ccc(C#N)c(F)c2)sc2c(F)c(-c3cc4c(CC(=O)O)c(c3CC(=O)O)C(=O)NCCO4)c(-c3cc4c(CC(=O)O)c(c3CC(=O)O)C(=O)NCCO4)c(F)c12. The van der Waals surface area contributed by atoms with Gasteiger partial charge in [-0.05, 0) is 58.5 Å². The molecule has 0 saturated heterocycles. The van der Waals surface area contributed by atoms with Crippen molar-refractivity contribution in [2.75, 3.05) is 32.6 Å². The molecule has 4 bridgehead atoms. The van der Waals surface area contributed by atoms with E-state index in [1.54, 1.807) is 0 Å². The number of nitrogens with zero attached hydrogens (tertiary/aromatic N) is 1. The summed E-state index contributed by atoms with van der Waals surface area (Å²) in [4.78, 5) is 88.2. The molecule has 1 unspecified atom stereocenters. The van der Waals surface area contributed by atoms with Gasteiger partial charge < -0.3 is 50.0 Å². The van der Waals surface area contributed by atoms with Gasteiger partial charge in [-0.25, -0.2) is 26.2 Å². The molecule has 0 spiro atoms. The highest BCUT2D eigenvalue weighted by Crippen LogP contribution is 2.52. The largest absolute Gasteiger partial charge is 0.491 e. The molecular weight excluding hydrogens is 1010 g/mol. The van der Waals surface area contributed by atoms with E-state index in [1.165, 1.54) is 13.0 Å². The number of aliphatic carboxylic acids is 4. The average molecular weight is 1040 g/mol. The van der Waals surface area contributed by atoms with Crippen molar-refractivity contribution in [2.24, 2.45) is 0 Å². The molecule has 4 aromatic carbocycles. The van der Waals surface area contributed by atoms with E-state index in [-0.39, 0.29) is 48.8 Å². The Morgan fingerprint density at radius 1 is 0.775 bits per heavy atom. The maximum Gasteiger partial charge on any atom is 0.391 e. The number of benzene rings is 4. The fourth-order valence-electron chi connectivity index (χ4n) is 8.30. The quantitative estimate of drug-likeness (QED) is 0.0600. The Balaban J connectivity index is 1.60. The van der Waals surface area contributed by atoms with E-state index in [9.17, 15) is 71.5 Å². The van der Waals surface area contributed by atoms with Gasteiger partial charge in [-0.2, -0.15) is 9.98 Å². The minimum absolute atomic E-state index is 0.0790. The van der Waals surface area contributed by atoms with Crippen LogP contribution < -0.4 is 29.4 Å². The molecule has 372 valence electrons. The van der Waals surface area contributed by atoms with Crippen LogP contribution in [0.5, 0.6) is 17.2 Å². The van der Waals surface area contributed by atoms with Crippen LogP contribution in [0, 0.1) is 28.8 Å². The number of nitriles is 1. The second kappa shape index (κ2) is 20.0. The highest BCUT2D eigenvalue weighted by atomic mass is 32.2. The molecule has 2 aliphatic rings. The molecule has 0 radical (unpaired) electrons. The van der Waals surface area contributed by atoms with E-state index >= 15 is 8.78 Å². The molecule has 1 atom stereocenters. The van der Waals surface area contributed by atoms with Gasteiger partial charge >= 0.3 is 31.5 Å². The summed E-state index contributed by atoms with van der Waals surface area (Å²) in [7, 11) is -10.2. The minimum Gasteiger partial charge on any atom is -0.491 e. The Hall–Kier alpha value is -7.56. The van der Waals surface area contributed by atoms with Crippen LogP contribution in [0.1, 0.15) is 61.0 Å². The lowest BCUT2D eigenvalue weighted by Crippen LogP contribution is -2.33. The highest BCUT2D eigenvalue weighted by molar-refractivity contribution is 7.92. The zero-order valence-corrected chi connectivity index (χ0v) is 39.0. The van der Waals surface area contributed by atoms with E-state index in [1.807, 2.05) is 4.72 Å². The number of hydrogen-bond donors (Lipinski definition) is 8. The van der Waals surface area contributed by atoms with Crippen LogP contribution in [0.25, 0.3) is 32.3 Å². The normalized spacial score (nSPS) is 14.3. The van der Waals surface area contributed by atoms with Crippen molar-refractivity contribution in [3.8, 4) is 45.6 Å². The van der Waals surface area contributed by atoms with Crippen LogP contribution in [0.3, 0.4) is 0 Å². The molecule has 3 heterocycles. The molecule has 0 aliphatic carbocycles. The second-order valence-corrected chi connectivity index (χ2v) is 20.3. The van der Waals surface area contributed by atoms with Crippen molar-refractivity contribution >= 4 is 74.7 Å². The van der Waals surface area contributed by atoms with Gasteiger partial charge in [0.25, 0.3) is 21.8 Å². The maximum absolute atomic E-state index is 18.5. The number of nitrogens with one attached hydrogen (secondary N) is 3. The van der Waals surface area contributed by atoms with Crippen LogP contribution in [0.2, 0.25) is 0 Å². The van der Waals surface area contributed by atoms with Crippen LogP contribution in [-0.2, 0) is 65.9 Å². The Morgan fingerprint density at radius 3 is 1.70 bits per heavy atom. The lowest BCUT2D eigenvalue weighted by molar-refractivity contribution is -0.137. The van der Waals surface area contributed by atoms with Gasteiger partial charge in [0.1, 0.15) is 64.5 Å². The molecule has 2 aliphatic heterocycles. The van der Waals surface area contributed by atoms with Crippen molar-refractivity contribution in [3.05, 3.63) is 92.3 Å². The van der Waals surface area contributed by atoms with Gasteiger partial charge in [-0.15, -0.1) is 11.3 Å². The van der Waals surface area contributed by atoms with Crippen molar-refractivity contribution in [1.82, 2.24) is 15.4 Å². The van der Waals surface area contributed by atoms with Crippen molar-refractivity contribution in [2.45, 2.75) is 43.2 Å². The van der Waals surface area contributed by atoms with Crippen molar-refractivity contribution in [3.63, 3.8) is 0 Å². The van der Waals surface area contributed by atoms with Gasteiger partial charge in [0.2, 0.25) is 0 Å². The molecule has 5 aromatic rings. The first-order chi connectivity index (χ1) is 33.5. The van der Waals surface area contributed by atoms with Gasteiger partial charge in [-0.1, -0.05) is 6.92 Å². The van der Waals surface area contributed by atoms with Gasteiger partial charge in [0, 0.05) is 33.7 Å². The molecule has 27 heteroatoms. The minimum atomic E-state index is -5.14. The Morgan fingerprint density at radius 2 is 1.25 bits per heavy atom. The van der Waals surface area contributed by atoms with Gasteiger partial charge in [-0.3, -0.25) is 28.8 Å². The molecule has 2 amide bonds. The van der Waals surface area contributed by atoms with E-state index < -0.39 is 196 Å². The zero-order chi connectivity index (χ0) is 51.9. The van der Waals surface area contributed by atoms with Crippen LogP contribution >= 0.6 is 18.9 Å². The fourth-order valence-corrected chi connectivity index (χ4v) is 12.8. The second-order valence-electron chi connectivity index (χ2n) is 15.6. The maximum atomic E-state index is 18.5. The molecule has 7 rings (SSSR count). The van der Waals surface area contributed by atoms with E-state index in [2.05, 4.69) is 10.6 Å². The van der Waals surface area contributed by atoms with Crippen LogP contribution in [-0.4, -0.2) is 102 Å². The predicted octanol–water partition coefficient (Wildman–Crippen LogP) is 4.34. The van der Waals surface area contributed by atoms with Crippen molar-refractivity contribution < 1.29 is 94.2 Å². The first-order valence-electron chi connectivity index (χ1n) is 20.7. The summed E-state index contributed by atoms with van der Waals surface area (Å²) in [6, 6.07) is 5.88. The number of rotatable bonds is 17. The Bertz CT molecular complexity index is 3370. The number of sulfonamides is 1. The molecule has 0 saturated carbocycles. The lowest BCUT2D eigenvalue weighted by atomic mass is 9.81. The Labute approximate surface area is 402 Å².